The lowest BCUT2D eigenvalue weighted by molar-refractivity contribution is 0.344. The third-order valence-corrected chi connectivity index (χ3v) is 3.67. The van der Waals surface area contributed by atoms with E-state index < -0.39 is 0 Å². The number of rotatable bonds is 4. The van der Waals surface area contributed by atoms with Gasteiger partial charge in [-0.25, -0.2) is 0 Å². The minimum Gasteiger partial charge on any atom is -0.337 e. The molecule has 1 heterocycles. The summed E-state index contributed by atoms with van der Waals surface area (Å²) in [4.78, 5) is 4.37. The SMILES string of the molecule is N[C@@H](CC1CC1)c1nc(-c2ccc(Br)cc2)no1. The zero-order valence-electron chi connectivity index (χ0n) is 9.84. The lowest BCUT2D eigenvalue weighted by atomic mass is 10.1. The van der Waals surface area contributed by atoms with Crippen LogP contribution in [0, 0.1) is 5.92 Å². The van der Waals surface area contributed by atoms with E-state index in [1.165, 1.54) is 12.8 Å². The molecule has 2 aromatic rings. The predicted molar refractivity (Wildman–Crippen MR) is 71.7 cm³/mol. The van der Waals surface area contributed by atoms with Crippen molar-refractivity contribution in [2.75, 3.05) is 0 Å². The molecule has 0 saturated heterocycles. The fourth-order valence-electron chi connectivity index (χ4n) is 1.92. The van der Waals surface area contributed by atoms with Gasteiger partial charge in [0.1, 0.15) is 0 Å². The molecule has 3 rings (SSSR count). The van der Waals surface area contributed by atoms with Gasteiger partial charge in [-0.3, -0.25) is 0 Å². The third-order valence-electron chi connectivity index (χ3n) is 3.15. The second-order valence-electron chi connectivity index (χ2n) is 4.75. The van der Waals surface area contributed by atoms with Gasteiger partial charge in [0.2, 0.25) is 11.7 Å². The highest BCUT2D eigenvalue weighted by atomic mass is 79.9. The van der Waals surface area contributed by atoms with Crippen molar-refractivity contribution in [2.24, 2.45) is 11.7 Å². The number of benzene rings is 1. The molecule has 0 radical (unpaired) electrons. The summed E-state index contributed by atoms with van der Waals surface area (Å²) < 4.78 is 6.27. The molecule has 1 aliphatic rings. The molecule has 0 unspecified atom stereocenters. The lowest BCUT2D eigenvalue weighted by Gasteiger charge is -2.03. The topological polar surface area (TPSA) is 64.9 Å². The van der Waals surface area contributed by atoms with Crippen LogP contribution in [-0.4, -0.2) is 10.1 Å². The number of aromatic nitrogens is 2. The Morgan fingerprint density at radius 3 is 2.72 bits per heavy atom. The largest absolute Gasteiger partial charge is 0.337 e. The normalized spacial score (nSPS) is 16.8. The summed E-state index contributed by atoms with van der Waals surface area (Å²) in [5.74, 6) is 1.89. The molecule has 18 heavy (non-hydrogen) atoms. The maximum atomic E-state index is 6.05. The van der Waals surface area contributed by atoms with Crippen molar-refractivity contribution >= 4 is 15.9 Å². The van der Waals surface area contributed by atoms with E-state index in [9.17, 15) is 0 Å². The van der Waals surface area contributed by atoms with E-state index in [1.54, 1.807) is 0 Å². The second kappa shape index (κ2) is 4.82. The van der Waals surface area contributed by atoms with E-state index >= 15 is 0 Å². The summed E-state index contributed by atoms with van der Waals surface area (Å²) >= 11 is 3.40. The number of halogens is 1. The minimum atomic E-state index is -0.130. The Hall–Kier alpha value is -1.20. The maximum Gasteiger partial charge on any atom is 0.243 e. The number of nitrogens with two attached hydrogens (primary N) is 1. The molecule has 1 aromatic heterocycles. The zero-order valence-corrected chi connectivity index (χ0v) is 11.4. The zero-order chi connectivity index (χ0) is 12.5. The van der Waals surface area contributed by atoms with E-state index in [4.69, 9.17) is 10.3 Å². The minimum absolute atomic E-state index is 0.130. The summed E-state index contributed by atoms with van der Waals surface area (Å²) in [7, 11) is 0. The van der Waals surface area contributed by atoms with Crippen molar-refractivity contribution in [3.8, 4) is 11.4 Å². The molecule has 4 nitrogen and oxygen atoms in total. The molecule has 1 fully saturated rings. The van der Waals surface area contributed by atoms with Crippen LogP contribution in [0.5, 0.6) is 0 Å². The first-order chi connectivity index (χ1) is 8.72. The van der Waals surface area contributed by atoms with Crippen molar-refractivity contribution in [2.45, 2.75) is 25.3 Å². The Balaban J connectivity index is 1.77. The number of hydrogen-bond acceptors (Lipinski definition) is 4. The van der Waals surface area contributed by atoms with Gasteiger partial charge in [-0.1, -0.05) is 33.9 Å². The Kier molecular flexibility index (Phi) is 3.18. The number of hydrogen-bond donors (Lipinski definition) is 1. The van der Waals surface area contributed by atoms with Gasteiger partial charge in [0.15, 0.2) is 0 Å². The van der Waals surface area contributed by atoms with E-state index in [-0.39, 0.29) is 6.04 Å². The molecular weight excluding hydrogens is 294 g/mol. The molecule has 1 atom stereocenters. The molecule has 5 heteroatoms. The van der Waals surface area contributed by atoms with Crippen molar-refractivity contribution in [3.63, 3.8) is 0 Å². The van der Waals surface area contributed by atoms with Gasteiger partial charge in [-0.05, 0) is 36.6 Å². The van der Waals surface area contributed by atoms with Crippen LogP contribution in [0.4, 0.5) is 0 Å². The van der Waals surface area contributed by atoms with Crippen molar-refractivity contribution < 1.29 is 4.52 Å². The molecule has 0 aliphatic heterocycles. The highest BCUT2D eigenvalue weighted by Gasteiger charge is 2.27. The standard InChI is InChI=1S/C13H14BrN3O/c14-10-5-3-9(4-6-10)12-16-13(18-17-12)11(15)7-8-1-2-8/h3-6,8,11H,1-2,7,15H2/t11-/m0/s1. The van der Waals surface area contributed by atoms with E-state index in [2.05, 4.69) is 26.1 Å². The van der Waals surface area contributed by atoms with Crippen molar-refractivity contribution in [3.05, 3.63) is 34.6 Å². The molecule has 0 amide bonds. The maximum absolute atomic E-state index is 6.05. The van der Waals surface area contributed by atoms with Gasteiger partial charge >= 0.3 is 0 Å². The highest BCUT2D eigenvalue weighted by molar-refractivity contribution is 9.10. The molecule has 1 aromatic carbocycles. The highest BCUT2D eigenvalue weighted by Crippen LogP contribution is 2.36. The van der Waals surface area contributed by atoms with Gasteiger partial charge in [-0.15, -0.1) is 0 Å². The molecule has 94 valence electrons. The Morgan fingerprint density at radius 1 is 1.33 bits per heavy atom. The summed E-state index contributed by atoms with van der Waals surface area (Å²) in [5.41, 5.74) is 6.98. The van der Waals surface area contributed by atoms with Gasteiger partial charge in [0.25, 0.3) is 0 Å². The van der Waals surface area contributed by atoms with E-state index in [0.29, 0.717) is 11.7 Å². The fraction of sp³-hybridized carbons (Fsp3) is 0.385. The predicted octanol–water partition coefficient (Wildman–Crippen LogP) is 3.30. The van der Waals surface area contributed by atoms with E-state index in [1.807, 2.05) is 24.3 Å². The van der Waals surface area contributed by atoms with Gasteiger partial charge in [0, 0.05) is 10.0 Å². The summed E-state index contributed by atoms with van der Waals surface area (Å²) in [6.45, 7) is 0. The average Bonchev–Trinajstić information content (AvgIpc) is 3.04. The molecule has 2 N–H and O–H groups in total. The van der Waals surface area contributed by atoms with Crippen molar-refractivity contribution in [1.29, 1.82) is 0 Å². The van der Waals surface area contributed by atoms with Crippen LogP contribution in [0.1, 0.15) is 31.2 Å². The van der Waals surface area contributed by atoms with Crippen LogP contribution in [0.2, 0.25) is 0 Å². The molecule has 1 saturated carbocycles. The molecular formula is C13H14BrN3O. The average molecular weight is 308 g/mol. The van der Waals surface area contributed by atoms with Crippen LogP contribution < -0.4 is 5.73 Å². The summed E-state index contributed by atoms with van der Waals surface area (Å²) in [5, 5.41) is 3.98. The van der Waals surface area contributed by atoms with Gasteiger partial charge in [-0.2, -0.15) is 4.98 Å². The lowest BCUT2D eigenvalue weighted by Crippen LogP contribution is -2.11. The Morgan fingerprint density at radius 2 is 2.06 bits per heavy atom. The van der Waals surface area contributed by atoms with Crippen LogP contribution in [0.3, 0.4) is 0 Å². The van der Waals surface area contributed by atoms with Crippen LogP contribution in [-0.2, 0) is 0 Å². The van der Waals surface area contributed by atoms with Crippen molar-refractivity contribution in [1.82, 2.24) is 10.1 Å². The molecule has 1 aliphatic carbocycles. The first kappa shape index (κ1) is 11.9. The van der Waals surface area contributed by atoms with Crippen LogP contribution in [0.25, 0.3) is 11.4 Å². The van der Waals surface area contributed by atoms with Gasteiger partial charge < -0.3 is 10.3 Å². The molecule has 0 spiro atoms. The first-order valence-corrected chi connectivity index (χ1v) is 6.87. The third kappa shape index (κ3) is 2.62. The smallest absolute Gasteiger partial charge is 0.243 e. The quantitative estimate of drug-likeness (QED) is 0.941. The van der Waals surface area contributed by atoms with E-state index in [0.717, 1.165) is 22.4 Å². The first-order valence-electron chi connectivity index (χ1n) is 6.07. The molecule has 0 bridgehead atoms. The number of nitrogens with zero attached hydrogens (tertiary/aromatic N) is 2. The van der Waals surface area contributed by atoms with Gasteiger partial charge in [0.05, 0.1) is 6.04 Å². The monoisotopic (exact) mass is 307 g/mol. The Bertz CT molecular complexity index is 533. The summed E-state index contributed by atoms with van der Waals surface area (Å²) in [6.07, 6.45) is 3.50. The summed E-state index contributed by atoms with van der Waals surface area (Å²) in [6, 6.07) is 7.68. The van der Waals surface area contributed by atoms with Crippen LogP contribution in [0.15, 0.2) is 33.3 Å². The van der Waals surface area contributed by atoms with Crippen LogP contribution >= 0.6 is 15.9 Å². The Labute approximate surface area is 114 Å². The second-order valence-corrected chi connectivity index (χ2v) is 5.66. The fourth-order valence-corrected chi connectivity index (χ4v) is 2.18.